The third-order valence-corrected chi connectivity index (χ3v) is 9.26. The van der Waals surface area contributed by atoms with Crippen LogP contribution in [0.3, 0.4) is 0 Å². The van der Waals surface area contributed by atoms with Crippen LogP contribution in [-0.4, -0.2) is 53.4 Å². The molecule has 196 valence electrons. The Kier molecular flexibility index (Phi) is 8.20. The highest BCUT2D eigenvalue weighted by Crippen LogP contribution is 2.24. The molecule has 0 aromatic heterocycles. The predicted octanol–water partition coefficient (Wildman–Crippen LogP) is 3.86. The van der Waals surface area contributed by atoms with Gasteiger partial charge in [-0.25, -0.2) is 16.8 Å². The number of aryl methyl sites for hydroxylation is 1. The average molecular weight is 564 g/mol. The second-order valence-corrected chi connectivity index (χ2v) is 12.6. The van der Waals surface area contributed by atoms with Crippen LogP contribution >= 0.6 is 11.6 Å². The van der Waals surface area contributed by atoms with Crippen LogP contribution in [0.2, 0.25) is 5.02 Å². The average Bonchev–Trinajstić information content (AvgIpc) is 2.87. The van der Waals surface area contributed by atoms with Crippen LogP contribution in [0.15, 0.2) is 71.6 Å². The summed E-state index contributed by atoms with van der Waals surface area (Å²) in [7, 11) is -7.33. The quantitative estimate of drug-likeness (QED) is 0.429. The standard InChI is InChI=1S/C25H26ClN3O6S2/c1-18-2-7-21(26)16-24(18)28-37(33,34)23-10-8-22(9-11-23)27-25(30)20-5-3-19(4-6-20)17-36(31,32)29-12-14-35-15-13-29/h2-11,16,28H,12-15,17H2,1H3,(H,27,30). The van der Waals surface area contributed by atoms with Crippen molar-refractivity contribution < 1.29 is 26.4 Å². The van der Waals surface area contributed by atoms with Gasteiger partial charge in [-0.05, 0) is 66.6 Å². The van der Waals surface area contributed by atoms with E-state index in [-0.39, 0.29) is 10.6 Å². The molecule has 3 aromatic carbocycles. The lowest BCUT2D eigenvalue weighted by Crippen LogP contribution is -2.41. The van der Waals surface area contributed by atoms with Gasteiger partial charge in [-0.2, -0.15) is 4.31 Å². The van der Waals surface area contributed by atoms with Crippen LogP contribution in [0.1, 0.15) is 21.5 Å². The minimum absolute atomic E-state index is 0.0238. The van der Waals surface area contributed by atoms with E-state index in [0.29, 0.717) is 53.8 Å². The number of hydrogen-bond acceptors (Lipinski definition) is 6. The van der Waals surface area contributed by atoms with Crippen molar-refractivity contribution in [1.82, 2.24) is 4.31 Å². The molecule has 0 bridgehead atoms. The van der Waals surface area contributed by atoms with Gasteiger partial charge < -0.3 is 10.1 Å². The Morgan fingerprint density at radius 1 is 0.946 bits per heavy atom. The fourth-order valence-electron chi connectivity index (χ4n) is 3.71. The summed E-state index contributed by atoms with van der Waals surface area (Å²) in [4.78, 5) is 12.7. The molecule has 1 amide bonds. The second kappa shape index (κ2) is 11.2. The first-order valence-electron chi connectivity index (χ1n) is 11.4. The lowest BCUT2D eigenvalue weighted by Gasteiger charge is -2.26. The molecule has 2 N–H and O–H groups in total. The molecule has 1 aliphatic heterocycles. The Morgan fingerprint density at radius 2 is 1.59 bits per heavy atom. The van der Waals surface area contributed by atoms with E-state index in [1.807, 2.05) is 0 Å². The van der Waals surface area contributed by atoms with Gasteiger partial charge in [0.1, 0.15) is 0 Å². The molecule has 4 rings (SSSR count). The van der Waals surface area contributed by atoms with E-state index >= 15 is 0 Å². The van der Waals surface area contributed by atoms with E-state index in [2.05, 4.69) is 10.0 Å². The molecule has 1 aliphatic rings. The number of hydrogen-bond donors (Lipinski definition) is 2. The highest BCUT2D eigenvalue weighted by molar-refractivity contribution is 7.92. The minimum Gasteiger partial charge on any atom is -0.379 e. The molecule has 1 heterocycles. The second-order valence-electron chi connectivity index (χ2n) is 8.51. The largest absolute Gasteiger partial charge is 0.379 e. The molecule has 0 atom stereocenters. The molecular weight excluding hydrogens is 538 g/mol. The summed E-state index contributed by atoms with van der Waals surface area (Å²) in [6, 6.07) is 17.0. The summed E-state index contributed by atoms with van der Waals surface area (Å²) >= 11 is 5.97. The lowest BCUT2D eigenvalue weighted by atomic mass is 10.1. The lowest BCUT2D eigenvalue weighted by molar-refractivity contribution is 0.0729. The summed E-state index contributed by atoms with van der Waals surface area (Å²) in [5.74, 6) is -0.570. The minimum atomic E-state index is -3.86. The van der Waals surface area contributed by atoms with Crippen molar-refractivity contribution in [3.63, 3.8) is 0 Å². The number of amides is 1. The predicted molar refractivity (Wildman–Crippen MR) is 143 cm³/mol. The highest BCUT2D eigenvalue weighted by atomic mass is 35.5. The summed E-state index contributed by atoms with van der Waals surface area (Å²) in [5, 5.41) is 3.12. The molecule has 0 aliphatic carbocycles. The Bertz CT molecular complexity index is 1490. The number of benzene rings is 3. The molecule has 12 heteroatoms. The van der Waals surface area contributed by atoms with Crippen LogP contribution in [0.4, 0.5) is 11.4 Å². The normalized spacial score (nSPS) is 14.8. The molecule has 1 saturated heterocycles. The molecule has 9 nitrogen and oxygen atoms in total. The number of nitrogens with one attached hydrogen (secondary N) is 2. The first-order chi connectivity index (χ1) is 17.5. The monoisotopic (exact) mass is 563 g/mol. The zero-order chi connectivity index (χ0) is 26.6. The Morgan fingerprint density at radius 3 is 2.24 bits per heavy atom. The summed E-state index contributed by atoms with van der Waals surface area (Å²) in [5.41, 5.74) is 2.41. The Hall–Kier alpha value is -2.96. The smallest absolute Gasteiger partial charge is 0.261 e. The van der Waals surface area contributed by atoms with Gasteiger partial charge >= 0.3 is 0 Å². The van der Waals surface area contributed by atoms with Crippen molar-refractivity contribution in [3.8, 4) is 0 Å². The Balaban J connectivity index is 1.38. The molecule has 0 unspecified atom stereocenters. The number of ether oxygens (including phenoxy) is 1. The van der Waals surface area contributed by atoms with E-state index in [0.717, 1.165) is 5.56 Å². The zero-order valence-corrected chi connectivity index (χ0v) is 22.4. The van der Waals surface area contributed by atoms with Gasteiger partial charge in [0.05, 0.1) is 29.5 Å². The van der Waals surface area contributed by atoms with E-state index in [4.69, 9.17) is 16.3 Å². The number of sulfonamides is 2. The van der Waals surface area contributed by atoms with Crippen LogP contribution in [0.25, 0.3) is 0 Å². The van der Waals surface area contributed by atoms with Gasteiger partial charge in [0.15, 0.2) is 0 Å². The fraction of sp³-hybridized carbons (Fsp3) is 0.240. The molecule has 3 aromatic rings. The van der Waals surface area contributed by atoms with Crippen molar-refractivity contribution in [2.45, 2.75) is 17.6 Å². The molecule has 0 spiro atoms. The summed E-state index contributed by atoms with van der Waals surface area (Å²) < 4.78 is 59.8. The third kappa shape index (κ3) is 6.88. The maximum atomic E-state index is 12.8. The molecule has 0 radical (unpaired) electrons. The topological polar surface area (TPSA) is 122 Å². The maximum absolute atomic E-state index is 12.8. The number of morpholine rings is 1. The van der Waals surface area contributed by atoms with Crippen LogP contribution in [0.5, 0.6) is 0 Å². The molecule has 37 heavy (non-hydrogen) atoms. The third-order valence-electron chi connectivity index (χ3n) is 5.80. The fourth-order valence-corrected chi connectivity index (χ4v) is 6.50. The van der Waals surface area contributed by atoms with Crippen molar-refractivity contribution >= 4 is 48.9 Å². The zero-order valence-electron chi connectivity index (χ0n) is 20.0. The van der Waals surface area contributed by atoms with Gasteiger partial charge in [-0.15, -0.1) is 0 Å². The van der Waals surface area contributed by atoms with Crippen LogP contribution in [0, 0.1) is 6.92 Å². The number of rotatable bonds is 8. The van der Waals surface area contributed by atoms with Crippen molar-refractivity contribution in [1.29, 1.82) is 0 Å². The number of halogens is 1. The van der Waals surface area contributed by atoms with E-state index in [1.165, 1.54) is 34.6 Å². The van der Waals surface area contributed by atoms with Gasteiger partial charge in [0.25, 0.3) is 15.9 Å². The number of nitrogens with zero attached hydrogens (tertiary/aromatic N) is 1. The first-order valence-corrected chi connectivity index (χ1v) is 14.9. The van der Waals surface area contributed by atoms with E-state index in [9.17, 15) is 21.6 Å². The van der Waals surface area contributed by atoms with Crippen molar-refractivity contribution in [3.05, 3.63) is 88.4 Å². The van der Waals surface area contributed by atoms with E-state index < -0.39 is 26.0 Å². The summed E-state index contributed by atoms with van der Waals surface area (Å²) in [6.07, 6.45) is 0. The SMILES string of the molecule is Cc1ccc(Cl)cc1NS(=O)(=O)c1ccc(NC(=O)c2ccc(CS(=O)(=O)N3CCOCC3)cc2)cc1. The highest BCUT2D eigenvalue weighted by Gasteiger charge is 2.24. The van der Waals surface area contributed by atoms with Gasteiger partial charge in [-0.3, -0.25) is 9.52 Å². The van der Waals surface area contributed by atoms with Crippen LogP contribution < -0.4 is 10.0 Å². The van der Waals surface area contributed by atoms with Crippen LogP contribution in [-0.2, 0) is 30.5 Å². The molecule has 1 fully saturated rings. The molecule has 0 saturated carbocycles. The number of carbonyl (C=O) groups is 1. The first kappa shape index (κ1) is 27.1. The number of anilines is 2. The number of carbonyl (C=O) groups excluding carboxylic acids is 1. The van der Waals surface area contributed by atoms with Gasteiger partial charge in [-0.1, -0.05) is 29.8 Å². The molecular formula is C25H26ClN3O6S2. The van der Waals surface area contributed by atoms with E-state index in [1.54, 1.807) is 43.3 Å². The van der Waals surface area contributed by atoms with Gasteiger partial charge in [0.2, 0.25) is 10.0 Å². The van der Waals surface area contributed by atoms with Gasteiger partial charge in [0, 0.05) is 29.4 Å². The Labute approximate surface area is 221 Å². The van der Waals surface area contributed by atoms with Crippen molar-refractivity contribution in [2.24, 2.45) is 0 Å². The van der Waals surface area contributed by atoms with Crippen molar-refractivity contribution in [2.75, 3.05) is 36.3 Å². The maximum Gasteiger partial charge on any atom is 0.261 e. The summed E-state index contributed by atoms with van der Waals surface area (Å²) in [6.45, 7) is 3.19.